The lowest BCUT2D eigenvalue weighted by Gasteiger charge is -2.40. The maximum Gasteiger partial charge on any atom is 0.0586 e. The molecule has 0 amide bonds. The van der Waals surface area contributed by atoms with Crippen molar-refractivity contribution in [2.75, 3.05) is 9.80 Å². The fourth-order valence-electron chi connectivity index (χ4n) is 7.17. The van der Waals surface area contributed by atoms with Crippen LogP contribution in [0.4, 0.5) is 22.7 Å². The summed E-state index contributed by atoms with van der Waals surface area (Å²) >= 11 is 0. The van der Waals surface area contributed by atoms with Crippen LogP contribution in [0, 0.1) is 19.8 Å². The zero-order valence-electron chi connectivity index (χ0n) is 27.0. The van der Waals surface area contributed by atoms with Crippen molar-refractivity contribution in [1.29, 1.82) is 0 Å². The van der Waals surface area contributed by atoms with Gasteiger partial charge in [-0.3, -0.25) is 0 Å². The Hall–Kier alpha value is -4.82. The van der Waals surface area contributed by atoms with Gasteiger partial charge in [-0.05, 0) is 64.3 Å². The van der Waals surface area contributed by atoms with Crippen LogP contribution < -0.4 is 9.80 Å². The number of aryl methyl sites for hydroxylation is 2. The van der Waals surface area contributed by atoms with Crippen LogP contribution in [0.15, 0.2) is 145 Å². The first kappa shape index (κ1) is 28.9. The van der Waals surface area contributed by atoms with Crippen LogP contribution in [0.5, 0.6) is 0 Å². The van der Waals surface area contributed by atoms with E-state index in [1.165, 1.54) is 66.6 Å². The summed E-state index contributed by atoms with van der Waals surface area (Å²) in [5.41, 5.74) is 10.1. The second kappa shape index (κ2) is 11.9. The third kappa shape index (κ3) is 5.40. The second-order valence-electron chi connectivity index (χ2n) is 12.9. The Bertz CT molecular complexity index is 1930. The molecule has 2 aliphatic rings. The maximum absolute atomic E-state index is 2.60. The number of fused-ring (bicyclic) bond motifs is 2. The first-order valence-corrected chi connectivity index (χ1v) is 16.3. The van der Waals surface area contributed by atoms with Gasteiger partial charge in [-0.1, -0.05) is 138 Å². The van der Waals surface area contributed by atoms with Gasteiger partial charge in [-0.25, -0.2) is 0 Å². The molecule has 5 aromatic rings. The maximum atomic E-state index is 2.60. The van der Waals surface area contributed by atoms with E-state index in [2.05, 4.69) is 178 Å². The molecule has 3 unspecified atom stereocenters. The zero-order chi connectivity index (χ0) is 31.1. The molecule has 7 rings (SSSR count). The van der Waals surface area contributed by atoms with Crippen LogP contribution in [0.2, 0.25) is 0 Å². The Morgan fingerprint density at radius 3 is 1.47 bits per heavy atom. The third-order valence-electron chi connectivity index (χ3n) is 9.49. The van der Waals surface area contributed by atoms with E-state index in [1.54, 1.807) is 0 Å². The molecule has 0 spiro atoms. The lowest BCUT2D eigenvalue weighted by molar-refractivity contribution is 0.607. The molecule has 2 heteroatoms. The van der Waals surface area contributed by atoms with Crippen molar-refractivity contribution in [3.05, 3.63) is 156 Å². The van der Waals surface area contributed by atoms with E-state index in [1.807, 2.05) is 0 Å². The van der Waals surface area contributed by atoms with Gasteiger partial charge in [0, 0.05) is 32.9 Å². The molecule has 2 aliphatic carbocycles. The summed E-state index contributed by atoms with van der Waals surface area (Å²) < 4.78 is 0. The minimum Gasteiger partial charge on any atom is -0.333 e. The number of rotatable bonds is 6. The lowest BCUT2D eigenvalue weighted by Crippen LogP contribution is -2.36. The van der Waals surface area contributed by atoms with E-state index in [4.69, 9.17) is 0 Å². The number of allylic oxidation sites excluding steroid dienone is 4. The third-order valence-corrected chi connectivity index (χ3v) is 9.49. The molecule has 0 aromatic heterocycles. The largest absolute Gasteiger partial charge is 0.333 e. The van der Waals surface area contributed by atoms with Gasteiger partial charge in [0.2, 0.25) is 0 Å². The Morgan fingerprint density at radius 2 is 1.00 bits per heavy atom. The topological polar surface area (TPSA) is 6.48 Å². The Kier molecular flexibility index (Phi) is 7.67. The smallest absolute Gasteiger partial charge is 0.0586 e. The molecule has 0 fully saturated rings. The lowest BCUT2D eigenvalue weighted by atomic mass is 9.89. The van der Waals surface area contributed by atoms with E-state index >= 15 is 0 Å². The van der Waals surface area contributed by atoms with Crippen LogP contribution in [0.3, 0.4) is 0 Å². The molecule has 0 radical (unpaired) electrons. The summed E-state index contributed by atoms with van der Waals surface area (Å²) in [6.45, 7) is 11.1. The minimum absolute atomic E-state index is 0.177. The molecule has 224 valence electrons. The van der Waals surface area contributed by atoms with Crippen molar-refractivity contribution in [1.82, 2.24) is 0 Å². The molecule has 45 heavy (non-hydrogen) atoms. The summed E-state index contributed by atoms with van der Waals surface area (Å²) in [6, 6.07) is 36.6. The Morgan fingerprint density at radius 1 is 0.533 bits per heavy atom. The first-order valence-electron chi connectivity index (χ1n) is 16.3. The number of anilines is 4. The number of hydrogen-bond donors (Lipinski definition) is 0. The van der Waals surface area contributed by atoms with Crippen LogP contribution in [0.25, 0.3) is 21.5 Å². The van der Waals surface area contributed by atoms with Gasteiger partial charge in [0.1, 0.15) is 0 Å². The molecule has 0 saturated heterocycles. The number of benzene rings is 5. The van der Waals surface area contributed by atoms with Gasteiger partial charge in [0.25, 0.3) is 0 Å². The highest BCUT2D eigenvalue weighted by Crippen LogP contribution is 2.49. The van der Waals surface area contributed by atoms with Gasteiger partial charge in [-0.15, -0.1) is 0 Å². The molecule has 0 saturated carbocycles. The molecule has 0 aliphatic heterocycles. The average molecular weight is 587 g/mol. The average Bonchev–Trinajstić information content (AvgIpc) is 3.05. The molecule has 0 bridgehead atoms. The summed E-state index contributed by atoms with van der Waals surface area (Å²) in [4.78, 5) is 5.18. The highest BCUT2D eigenvalue weighted by molar-refractivity contribution is 6.21. The van der Waals surface area contributed by atoms with Gasteiger partial charge >= 0.3 is 0 Å². The van der Waals surface area contributed by atoms with E-state index < -0.39 is 0 Å². The van der Waals surface area contributed by atoms with Crippen LogP contribution >= 0.6 is 0 Å². The summed E-state index contributed by atoms with van der Waals surface area (Å²) in [5, 5.41) is 5.06. The highest BCUT2D eigenvalue weighted by atomic mass is 15.2. The van der Waals surface area contributed by atoms with E-state index in [9.17, 15) is 0 Å². The monoisotopic (exact) mass is 586 g/mol. The molecule has 0 N–H and O–H groups in total. The molecular weight excluding hydrogens is 544 g/mol. The van der Waals surface area contributed by atoms with Crippen molar-refractivity contribution in [3.8, 4) is 0 Å². The minimum atomic E-state index is 0.177. The van der Waals surface area contributed by atoms with Crippen molar-refractivity contribution in [3.63, 3.8) is 0 Å². The zero-order valence-corrected chi connectivity index (χ0v) is 27.0. The fourth-order valence-corrected chi connectivity index (χ4v) is 7.17. The first-order chi connectivity index (χ1) is 21.9. The quantitative estimate of drug-likeness (QED) is 0.144. The van der Waals surface area contributed by atoms with Gasteiger partial charge < -0.3 is 9.80 Å². The van der Waals surface area contributed by atoms with Crippen LogP contribution in [-0.2, 0) is 0 Å². The second-order valence-corrected chi connectivity index (χ2v) is 12.9. The SMILES string of the molecule is CC1=CCC(N(c2ccc(C)cc2)c2c3ccccc3c(N(c3ccc(C)cc3)C3C=CC(C)=CC3C)c3ccccc23)C=C1. The van der Waals surface area contributed by atoms with Crippen molar-refractivity contribution in [2.24, 2.45) is 5.92 Å². The van der Waals surface area contributed by atoms with Gasteiger partial charge in [0.05, 0.1) is 23.5 Å². The van der Waals surface area contributed by atoms with Gasteiger partial charge in [-0.2, -0.15) is 0 Å². The van der Waals surface area contributed by atoms with Gasteiger partial charge in [0.15, 0.2) is 0 Å². The van der Waals surface area contributed by atoms with Crippen molar-refractivity contribution in [2.45, 2.75) is 53.1 Å². The summed E-state index contributed by atoms with van der Waals surface area (Å²) in [5.74, 6) is 0.347. The summed E-state index contributed by atoms with van der Waals surface area (Å²) in [6.07, 6.45) is 15.1. The Labute approximate surface area is 268 Å². The number of hydrogen-bond acceptors (Lipinski definition) is 2. The molecular formula is C43H42N2. The summed E-state index contributed by atoms with van der Waals surface area (Å²) in [7, 11) is 0. The fraction of sp³-hybridized carbons (Fsp3) is 0.209. The van der Waals surface area contributed by atoms with E-state index in [0.29, 0.717) is 5.92 Å². The predicted octanol–water partition coefficient (Wildman–Crippen LogP) is 11.7. The molecule has 5 aromatic carbocycles. The van der Waals surface area contributed by atoms with Crippen LogP contribution in [-0.4, -0.2) is 12.1 Å². The van der Waals surface area contributed by atoms with Crippen molar-refractivity contribution >= 4 is 44.3 Å². The molecule has 2 nitrogen and oxygen atoms in total. The predicted molar refractivity (Wildman–Crippen MR) is 195 cm³/mol. The standard InChI is InChI=1S/C43H42N2/c1-29-14-21-34(22-15-29)44(35-23-16-30(2)17-24-35)42-37-10-6-8-12-39(37)43(40-13-9-7-11-38(40)42)45(36-25-18-31(3)19-26-36)41-27-20-32(4)28-33(41)5/h6-23,25-28,33,35,41H,24H2,1-5H3. The molecule has 0 heterocycles. The Balaban J connectivity index is 1.55. The normalized spacial score (nSPS) is 19.4. The van der Waals surface area contributed by atoms with Crippen LogP contribution in [0.1, 0.15) is 38.3 Å². The highest BCUT2D eigenvalue weighted by Gasteiger charge is 2.31. The molecule has 3 atom stereocenters. The van der Waals surface area contributed by atoms with E-state index in [0.717, 1.165) is 6.42 Å². The van der Waals surface area contributed by atoms with Crippen molar-refractivity contribution < 1.29 is 0 Å². The van der Waals surface area contributed by atoms with E-state index in [-0.39, 0.29) is 12.1 Å². The number of nitrogens with zero attached hydrogens (tertiary/aromatic N) is 2.